The standard InChI is InChI=1S/C18H14BrF3N6O2/c19-14-15(9-3-5-10(20)6-4-9)26-18(23)27-16(14)28(24)13(29)8-11-12(30-17(21)22)2-1-7-25-11/h1-7,17H,8,24H2,(H2,23,26,27). The van der Waals surface area contributed by atoms with Crippen LogP contribution in [0.3, 0.4) is 0 Å². The van der Waals surface area contributed by atoms with Gasteiger partial charge >= 0.3 is 6.61 Å². The summed E-state index contributed by atoms with van der Waals surface area (Å²) in [5, 5.41) is 0.690. The number of carbonyl (C=O) groups is 1. The summed E-state index contributed by atoms with van der Waals surface area (Å²) >= 11 is 3.28. The molecule has 2 aromatic heterocycles. The predicted octanol–water partition coefficient (Wildman–Crippen LogP) is 3.07. The number of amides is 1. The third-order valence-electron chi connectivity index (χ3n) is 3.85. The lowest BCUT2D eigenvalue weighted by Crippen LogP contribution is -2.40. The van der Waals surface area contributed by atoms with Crippen molar-refractivity contribution in [1.82, 2.24) is 15.0 Å². The van der Waals surface area contributed by atoms with Crippen molar-refractivity contribution in [3.8, 4) is 17.0 Å². The van der Waals surface area contributed by atoms with Crippen LogP contribution in [0.1, 0.15) is 5.69 Å². The lowest BCUT2D eigenvalue weighted by molar-refractivity contribution is -0.118. The first-order valence-electron chi connectivity index (χ1n) is 8.31. The maximum atomic E-state index is 13.2. The third-order valence-corrected chi connectivity index (χ3v) is 4.58. The average molecular weight is 483 g/mol. The molecule has 0 aliphatic carbocycles. The molecule has 30 heavy (non-hydrogen) atoms. The number of ether oxygens (including phenoxy) is 1. The maximum absolute atomic E-state index is 13.2. The molecule has 3 aromatic rings. The summed E-state index contributed by atoms with van der Waals surface area (Å²) in [4.78, 5) is 24.6. The smallest absolute Gasteiger partial charge is 0.387 e. The molecule has 0 saturated carbocycles. The van der Waals surface area contributed by atoms with Crippen LogP contribution in [-0.2, 0) is 11.2 Å². The van der Waals surface area contributed by atoms with Crippen LogP contribution in [0, 0.1) is 5.82 Å². The number of alkyl halides is 2. The molecule has 4 N–H and O–H groups in total. The van der Waals surface area contributed by atoms with Gasteiger partial charge in [-0.3, -0.25) is 9.78 Å². The monoisotopic (exact) mass is 482 g/mol. The third kappa shape index (κ3) is 4.83. The number of aromatic nitrogens is 3. The first kappa shape index (κ1) is 21.5. The van der Waals surface area contributed by atoms with Gasteiger partial charge in [-0.25, -0.2) is 20.2 Å². The van der Waals surface area contributed by atoms with Crippen molar-refractivity contribution in [2.45, 2.75) is 13.0 Å². The van der Waals surface area contributed by atoms with Crippen molar-refractivity contribution < 1.29 is 22.7 Å². The summed E-state index contributed by atoms with van der Waals surface area (Å²) in [7, 11) is 0. The van der Waals surface area contributed by atoms with Gasteiger partial charge in [-0.05, 0) is 52.3 Å². The highest BCUT2D eigenvalue weighted by molar-refractivity contribution is 9.10. The van der Waals surface area contributed by atoms with Crippen molar-refractivity contribution in [2.24, 2.45) is 5.84 Å². The number of pyridine rings is 1. The Hall–Kier alpha value is -3.25. The van der Waals surface area contributed by atoms with E-state index in [1.54, 1.807) is 0 Å². The van der Waals surface area contributed by atoms with E-state index in [1.165, 1.54) is 42.6 Å². The molecule has 0 unspecified atom stereocenters. The fourth-order valence-corrected chi connectivity index (χ4v) is 3.11. The van der Waals surface area contributed by atoms with E-state index in [1.807, 2.05) is 0 Å². The molecule has 156 valence electrons. The molecule has 8 nitrogen and oxygen atoms in total. The molecule has 0 aliphatic heterocycles. The molecule has 0 radical (unpaired) electrons. The second-order valence-corrected chi connectivity index (χ2v) is 6.64. The van der Waals surface area contributed by atoms with E-state index >= 15 is 0 Å². The van der Waals surface area contributed by atoms with Crippen LogP contribution in [0.5, 0.6) is 5.75 Å². The summed E-state index contributed by atoms with van der Waals surface area (Å²) in [6.07, 6.45) is 0.884. The summed E-state index contributed by atoms with van der Waals surface area (Å²) in [6.45, 7) is -3.08. The summed E-state index contributed by atoms with van der Waals surface area (Å²) < 4.78 is 42.9. The number of nitrogens with two attached hydrogens (primary N) is 2. The molecule has 0 spiro atoms. The largest absolute Gasteiger partial charge is 0.433 e. The highest BCUT2D eigenvalue weighted by Gasteiger charge is 2.23. The van der Waals surface area contributed by atoms with Gasteiger partial charge in [0.05, 0.1) is 22.3 Å². The van der Waals surface area contributed by atoms with Crippen LogP contribution in [0.15, 0.2) is 47.1 Å². The fourth-order valence-electron chi connectivity index (χ4n) is 2.52. The Morgan fingerprint density at radius 2 is 1.90 bits per heavy atom. The van der Waals surface area contributed by atoms with Gasteiger partial charge < -0.3 is 10.5 Å². The van der Waals surface area contributed by atoms with Gasteiger partial charge in [0.2, 0.25) is 11.9 Å². The zero-order valence-electron chi connectivity index (χ0n) is 15.1. The SMILES string of the molecule is Nc1nc(-c2ccc(F)cc2)c(Br)c(N(N)C(=O)Cc2ncccc2OC(F)F)n1. The van der Waals surface area contributed by atoms with Crippen LogP contribution in [0.25, 0.3) is 11.3 Å². The lowest BCUT2D eigenvalue weighted by atomic mass is 10.1. The van der Waals surface area contributed by atoms with E-state index in [0.29, 0.717) is 10.6 Å². The fraction of sp³-hybridized carbons (Fsp3) is 0.111. The van der Waals surface area contributed by atoms with E-state index in [0.717, 1.165) is 0 Å². The van der Waals surface area contributed by atoms with Gasteiger partial charge in [-0.2, -0.15) is 13.8 Å². The molecule has 0 bridgehead atoms. The quantitative estimate of drug-likeness (QED) is 0.314. The van der Waals surface area contributed by atoms with Gasteiger partial charge in [0.25, 0.3) is 0 Å². The highest BCUT2D eigenvalue weighted by Crippen LogP contribution is 2.33. The second-order valence-electron chi connectivity index (χ2n) is 5.84. The van der Waals surface area contributed by atoms with Crippen molar-refractivity contribution in [2.75, 3.05) is 10.7 Å². The highest BCUT2D eigenvalue weighted by atomic mass is 79.9. The zero-order valence-corrected chi connectivity index (χ0v) is 16.7. The Balaban J connectivity index is 1.91. The van der Waals surface area contributed by atoms with Gasteiger partial charge in [0.1, 0.15) is 11.6 Å². The summed E-state index contributed by atoms with van der Waals surface area (Å²) in [5.41, 5.74) is 6.48. The molecular formula is C18H14BrF3N6O2. The molecule has 0 fully saturated rings. The lowest BCUT2D eigenvalue weighted by Gasteiger charge is -2.19. The Bertz CT molecular complexity index is 1070. The van der Waals surface area contributed by atoms with Gasteiger partial charge in [0.15, 0.2) is 5.82 Å². The number of anilines is 2. The van der Waals surface area contributed by atoms with Crippen molar-refractivity contribution in [1.29, 1.82) is 0 Å². The molecule has 12 heteroatoms. The molecule has 0 saturated heterocycles. The zero-order chi connectivity index (χ0) is 21.8. The van der Waals surface area contributed by atoms with E-state index in [-0.39, 0.29) is 33.4 Å². The van der Waals surface area contributed by atoms with Crippen molar-refractivity contribution in [3.05, 3.63) is 58.6 Å². The minimum atomic E-state index is -3.08. The van der Waals surface area contributed by atoms with Crippen molar-refractivity contribution in [3.63, 3.8) is 0 Å². The maximum Gasteiger partial charge on any atom is 0.387 e. The Kier molecular flexibility index (Phi) is 6.47. The normalized spacial score (nSPS) is 10.9. The van der Waals surface area contributed by atoms with Crippen LogP contribution in [0.2, 0.25) is 0 Å². The number of carbonyl (C=O) groups excluding carboxylic acids is 1. The Morgan fingerprint density at radius 1 is 1.20 bits per heavy atom. The van der Waals surface area contributed by atoms with E-state index in [4.69, 9.17) is 11.6 Å². The van der Waals surface area contributed by atoms with Crippen molar-refractivity contribution >= 4 is 33.6 Å². The van der Waals surface area contributed by atoms with Crippen LogP contribution >= 0.6 is 15.9 Å². The minimum absolute atomic E-state index is 0.0323. The summed E-state index contributed by atoms with van der Waals surface area (Å²) in [5.74, 6) is 4.24. The van der Waals surface area contributed by atoms with Gasteiger partial charge in [-0.1, -0.05) is 0 Å². The molecule has 1 aromatic carbocycles. The second kappa shape index (κ2) is 9.05. The Labute approximate surface area is 176 Å². The summed E-state index contributed by atoms with van der Waals surface area (Å²) in [6, 6.07) is 8.05. The number of benzene rings is 1. The minimum Gasteiger partial charge on any atom is -0.433 e. The molecule has 0 aliphatic rings. The first-order chi connectivity index (χ1) is 14.3. The molecule has 1 amide bonds. The van der Waals surface area contributed by atoms with E-state index in [2.05, 4.69) is 35.6 Å². The molecular weight excluding hydrogens is 469 g/mol. The number of nitrogens with zero attached hydrogens (tertiary/aromatic N) is 4. The Morgan fingerprint density at radius 3 is 2.57 bits per heavy atom. The number of halogens is 4. The number of hydrogen-bond acceptors (Lipinski definition) is 7. The topological polar surface area (TPSA) is 120 Å². The average Bonchev–Trinajstić information content (AvgIpc) is 2.70. The van der Waals surface area contributed by atoms with Gasteiger partial charge in [-0.15, -0.1) is 0 Å². The van der Waals surface area contributed by atoms with E-state index in [9.17, 15) is 18.0 Å². The molecule has 3 rings (SSSR count). The molecule has 2 heterocycles. The molecule has 0 atom stereocenters. The van der Waals surface area contributed by atoms with Crippen LogP contribution < -0.4 is 21.3 Å². The van der Waals surface area contributed by atoms with Crippen LogP contribution in [-0.4, -0.2) is 27.5 Å². The van der Waals surface area contributed by atoms with E-state index < -0.39 is 24.8 Å². The first-order valence-corrected chi connectivity index (χ1v) is 9.11. The predicted molar refractivity (Wildman–Crippen MR) is 106 cm³/mol. The number of rotatable bonds is 6. The number of nitrogen functional groups attached to an aromatic ring is 1. The number of hydrogen-bond donors (Lipinski definition) is 2. The van der Waals surface area contributed by atoms with Crippen LogP contribution in [0.4, 0.5) is 24.9 Å². The number of hydrazine groups is 1. The van der Waals surface area contributed by atoms with Gasteiger partial charge in [0, 0.05) is 11.8 Å².